The van der Waals surface area contributed by atoms with Crippen LogP contribution in [0.2, 0.25) is 5.02 Å². The number of oxime groups is 1. The molecule has 4 nitrogen and oxygen atoms in total. The first-order chi connectivity index (χ1) is 9.61. The topological polar surface area (TPSA) is 70.6 Å². The summed E-state index contributed by atoms with van der Waals surface area (Å²) in [5.74, 6) is 0.0499. The zero-order valence-electron chi connectivity index (χ0n) is 10.4. The maximum Gasteiger partial charge on any atom is 0.170 e. The maximum atomic E-state index is 8.63. The summed E-state index contributed by atoms with van der Waals surface area (Å²) in [6, 6.07) is 7.36. The van der Waals surface area contributed by atoms with E-state index in [-0.39, 0.29) is 5.84 Å². The van der Waals surface area contributed by atoms with E-state index in [9.17, 15) is 0 Å². The van der Waals surface area contributed by atoms with Gasteiger partial charge in [-0.25, -0.2) is 0 Å². The Bertz CT molecular complexity index is 630. The fraction of sp³-hybridized carbons (Fsp3) is 0.154. The van der Waals surface area contributed by atoms with Gasteiger partial charge in [0.15, 0.2) is 5.84 Å². The van der Waals surface area contributed by atoms with Crippen LogP contribution in [-0.2, 0) is 13.1 Å². The average Bonchev–Trinajstić information content (AvgIpc) is 2.85. The molecule has 4 N–H and O–H groups in total. The molecule has 2 aromatic rings. The van der Waals surface area contributed by atoms with Crippen LogP contribution >= 0.6 is 38.9 Å². The van der Waals surface area contributed by atoms with Gasteiger partial charge in [0.25, 0.3) is 0 Å². The highest BCUT2D eigenvalue weighted by molar-refractivity contribution is 9.10. The molecule has 0 aliphatic carbocycles. The SMILES string of the molecule is N/C(=N/O)c1ccc(CNCc2sccc2Br)c(Cl)c1. The van der Waals surface area contributed by atoms with Crippen molar-refractivity contribution in [1.29, 1.82) is 0 Å². The molecule has 0 saturated carbocycles. The molecule has 0 unspecified atom stereocenters. The summed E-state index contributed by atoms with van der Waals surface area (Å²) in [4.78, 5) is 1.24. The molecular formula is C13H13BrClN3OS. The van der Waals surface area contributed by atoms with E-state index in [2.05, 4.69) is 26.4 Å². The zero-order valence-corrected chi connectivity index (χ0v) is 13.6. The predicted molar refractivity (Wildman–Crippen MR) is 86.5 cm³/mol. The summed E-state index contributed by atoms with van der Waals surface area (Å²) in [6.07, 6.45) is 0. The average molecular weight is 375 g/mol. The number of amidine groups is 1. The number of benzene rings is 1. The predicted octanol–water partition coefficient (Wildman–Crippen LogP) is 3.55. The number of nitrogens with one attached hydrogen (secondary N) is 1. The van der Waals surface area contributed by atoms with Gasteiger partial charge in [0.05, 0.1) is 0 Å². The molecule has 0 radical (unpaired) electrons. The van der Waals surface area contributed by atoms with Gasteiger partial charge in [0.1, 0.15) is 0 Å². The summed E-state index contributed by atoms with van der Waals surface area (Å²) < 4.78 is 1.11. The highest BCUT2D eigenvalue weighted by atomic mass is 79.9. The Morgan fingerprint density at radius 3 is 2.80 bits per heavy atom. The van der Waals surface area contributed by atoms with Crippen molar-refractivity contribution >= 4 is 44.7 Å². The van der Waals surface area contributed by atoms with Gasteiger partial charge in [0.2, 0.25) is 0 Å². The Labute approximate surface area is 134 Å². The fourth-order valence-electron chi connectivity index (χ4n) is 1.67. The van der Waals surface area contributed by atoms with Crippen molar-refractivity contribution in [2.45, 2.75) is 13.1 Å². The summed E-state index contributed by atoms with van der Waals surface area (Å²) in [5.41, 5.74) is 7.08. The van der Waals surface area contributed by atoms with Crippen molar-refractivity contribution in [2.75, 3.05) is 0 Å². The first kappa shape index (κ1) is 15.3. The molecule has 2 rings (SSSR count). The Morgan fingerprint density at radius 2 is 2.20 bits per heavy atom. The molecule has 7 heteroatoms. The van der Waals surface area contributed by atoms with E-state index in [1.807, 2.05) is 17.5 Å². The Morgan fingerprint density at radius 1 is 1.40 bits per heavy atom. The molecule has 0 amide bonds. The molecular weight excluding hydrogens is 362 g/mol. The van der Waals surface area contributed by atoms with Gasteiger partial charge >= 0.3 is 0 Å². The standard InChI is InChI=1S/C13H13BrClN3OS/c14-10-3-4-20-12(10)7-17-6-9-2-1-8(5-11(9)15)13(16)18-19/h1-5,17,19H,6-7H2,(H2,16,18). The highest BCUT2D eigenvalue weighted by Crippen LogP contribution is 2.23. The van der Waals surface area contributed by atoms with Crippen LogP contribution in [0, 0.1) is 0 Å². The van der Waals surface area contributed by atoms with Crippen LogP contribution in [0.1, 0.15) is 16.0 Å². The summed E-state index contributed by atoms with van der Waals surface area (Å²) in [7, 11) is 0. The van der Waals surface area contributed by atoms with Gasteiger partial charge in [-0.05, 0) is 39.0 Å². The van der Waals surface area contributed by atoms with Crippen LogP contribution in [0.25, 0.3) is 0 Å². The number of halogens is 2. The Kier molecular flexibility index (Phi) is 5.42. The van der Waals surface area contributed by atoms with Gasteiger partial charge in [-0.3, -0.25) is 0 Å². The molecule has 0 spiro atoms. The molecule has 0 aliphatic rings. The van der Waals surface area contributed by atoms with Gasteiger partial charge in [-0.15, -0.1) is 11.3 Å². The van der Waals surface area contributed by atoms with E-state index in [0.29, 0.717) is 17.1 Å². The quantitative estimate of drug-likeness (QED) is 0.324. The number of hydrogen-bond donors (Lipinski definition) is 3. The maximum absolute atomic E-state index is 8.63. The molecule has 0 saturated heterocycles. The molecule has 20 heavy (non-hydrogen) atoms. The largest absolute Gasteiger partial charge is 0.409 e. The molecule has 1 heterocycles. The van der Waals surface area contributed by atoms with Crippen molar-refractivity contribution in [1.82, 2.24) is 5.32 Å². The Hall–Kier alpha value is -1.08. The van der Waals surface area contributed by atoms with Crippen LogP contribution in [-0.4, -0.2) is 11.0 Å². The number of nitrogens with two attached hydrogens (primary N) is 1. The van der Waals surface area contributed by atoms with Crippen molar-refractivity contribution in [2.24, 2.45) is 10.9 Å². The normalized spacial score (nSPS) is 11.8. The van der Waals surface area contributed by atoms with Gasteiger partial charge in [-0.1, -0.05) is 28.9 Å². The van der Waals surface area contributed by atoms with E-state index in [1.165, 1.54) is 4.88 Å². The minimum Gasteiger partial charge on any atom is -0.409 e. The molecule has 0 bridgehead atoms. The molecule has 0 atom stereocenters. The number of thiophene rings is 1. The van der Waals surface area contributed by atoms with Crippen LogP contribution in [0.4, 0.5) is 0 Å². The minimum absolute atomic E-state index is 0.0499. The molecule has 0 fully saturated rings. The molecule has 0 aliphatic heterocycles. The first-order valence-electron chi connectivity index (χ1n) is 5.80. The lowest BCUT2D eigenvalue weighted by Gasteiger charge is -2.08. The van der Waals surface area contributed by atoms with Gasteiger partial charge < -0.3 is 16.3 Å². The van der Waals surface area contributed by atoms with E-state index in [4.69, 9.17) is 22.5 Å². The van der Waals surface area contributed by atoms with Crippen molar-refractivity contribution in [3.8, 4) is 0 Å². The van der Waals surface area contributed by atoms with Gasteiger partial charge in [-0.2, -0.15) is 0 Å². The minimum atomic E-state index is 0.0499. The lowest BCUT2D eigenvalue weighted by atomic mass is 10.1. The molecule has 1 aromatic carbocycles. The third-order valence-corrected chi connectivity index (χ3v) is 5.03. The van der Waals surface area contributed by atoms with Crippen LogP contribution in [0.5, 0.6) is 0 Å². The lowest BCUT2D eigenvalue weighted by Crippen LogP contribution is -2.15. The van der Waals surface area contributed by atoms with Crippen molar-refractivity contribution in [3.63, 3.8) is 0 Å². The second kappa shape index (κ2) is 7.08. The Balaban J connectivity index is 1.98. The van der Waals surface area contributed by atoms with Crippen LogP contribution in [0.15, 0.2) is 39.3 Å². The van der Waals surface area contributed by atoms with Crippen molar-refractivity contribution in [3.05, 3.63) is 55.1 Å². The number of hydrogen-bond acceptors (Lipinski definition) is 4. The van der Waals surface area contributed by atoms with E-state index in [0.717, 1.165) is 16.6 Å². The van der Waals surface area contributed by atoms with Crippen LogP contribution in [0.3, 0.4) is 0 Å². The third-order valence-electron chi connectivity index (χ3n) is 2.75. The fourth-order valence-corrected chi connectivity index (χ4v) is 3.38. The summed E-state index contributed by atoms with van der Waals surface area (Å²) in [5, 5.41) is 17.5. The first-order valence-corrected chi connectivity index (χ1v) is 7.85. The second-order valence-corrected chi connectivity index (χ2v) is 6.35. The number of nitrogens with zero attached hydrogens (tertiary/aromatic N) is 1. The number of rotatable bonds is 5. The van der Waals surface area contributed by atoms with Crippen molar-refractivity contribution < 1.29 is 5.21 Å². The van der Waals surface area contributed by atoms with Gasteiger partial charge in [0, 0.05) is 33.0 Å². The lowest BCUT2D eigenvalue weighted by molar-refractivity contribution is 0.318. The monoisotopic (exact) mass is 373 g/mol. The highest BCUT2D eigenvalue weighted by Gasteiger charge is 2.06. The third kappa shape index (κ3) is 3.73. The van der Waals surface area contributed by atoms with E-state index >= 15 is 0 Å². The molecule has 106 valence electrons. The summed E-state index contributed by atoms with van der Waals surface area (Å²) >= 11 is 11.4. The van der Waals surface area contributed by atoms with E-state index in [1.54, 1.807) is 23.5 Å². The summed E-state index contributed by atoms with van der Waals surface area (Å²) in [6.45, 7) is 1.43. The smallest absolute Gasteiger partial charge is 0.170 e. The second-order valence-electron chi connectivity index (χ2n) is 4.09. The molecule has 1 aromatic heterocycles. The van der Waals surface area contributed by atoms with Crippen LogP contribution < -0.4 is 11.1 Å². The van der Waals surface area contributed by atoms with E-state index < -0.39 is 0 Å². The zero-order chi connectivity index (χ0) is 14.5.